The van der Waals surface area contributed by atoms with Crippen molar-refractivity contribution in [1.29, 1.82) is 0 Å². The summed E-state index contributed by atoms with van der Waals surface area (Å²) in [5.74, 6) is 1.14. The molecule has 0 heterocycles. The van der Waals surface area contributed by atoms with Crippen LogP contribution in [0.1, 0.15) is 16.7 Å². The summed E-state index contributed by atoms with van der Waals surface area (Å²) in [6.07, 6.45) is 2.30. The topological polar surface area (TPSA) is 61.6 Å². The molecular weight excluding hydrogens is 282 g/mol. The molecule has 5 nitrogen and oxygen atoms in total. The van der Waals surface area contributed by atoms with Gasteiger partial charge in [-0.3, -0.25) is 10.1 Å². The largest absolute Gasteiger partial charge is 0.493 e. The summed E-state index contributed by atoms with van der Waals surface area (Å²) in [6, 6.07) is 13.3. The second-order valence-corrected chi connectivity index (χ2v) is 4.79. The third kappa shape index (κ3) is 4.34. The van der Waals surface area contributed by atoms with Crippen LogP contribution in [0.3, 0.4) is 0 Å². The van der Waals surface area contributed by atoms with Crippen molar-refractivity contribution in [3.63, 3.8) is 0 Å². The summed E-state index contributed by atoms with van der Waals surface area (Å²) in [6.45, 7) is 2.46. The Balaban J connectivity index is 2.10. The molecule has 22 heavy (non-hydrogen) atoms. The number of nitrogens with zero attached hydrogens (tertiary/aromatic N) is 1. The predicted octanol–water partition coefficient (Wildman–Crippen LogP) is 3.83. The summed E-state index contributed by atoms with van der Waals surface area (Å²) in [4.78, 5) is 9.83. The smallest absolute Gasteiger partial charge is 0.235 e. The number of rotatable bonds is 6. The van der Waals surface area contributed by atoms with Crippen LogP contribution in [-0.2, 0) is 6.61 Å². The van der Waals surface area contributed by atoms with Gasteiger partial charge in [0.2, 0.25) is 6.20 Å². The molecule has 0 amide bonds. The number of aryl methyl sites for hydroxylation is 1. The molecule has 0 atom stereocenters. The predicted molar refractivity (Wildman–Crippen MR) is 84.5 cm³/mol. The third-order valence-electron chi connectivity index (χ3n) is 3.09. The van der Waals surface area contributed by atoms with Gasteiger partial charge in [-0.15, -0.1) is 0 Å². The molecule has 0 aromatic heterocycles. The molecule has 2 aromatic carbocycles. The van der Waals surface area contributed by atoms with Crippen LogP contribution in [0.5, 0.6) is 11.5 Å². The SMILES string of the molecule is COc1cc(C=C[N+](=O)[O-])ccc1OCc1ccc(C)cc1. The summed E-state index contributed by atoms with van der Waals surface area (Å²) < 4.78 is 11.0. The van der Waals surface area contributed by atoms with E-state index >= 15 is 0 Å². The van der Waals surface area contributed by atoms with E-state index in [4.69, 9.17) is 9.47 Å². The van der Waals surface area contributed by atoms with E-state index in [0.717, 1.165) is 11.8 Å². The van der Waals surface area contributed by atoms with Gasteiger partial charge in [0.05, 0.1) is 12.0 Å². The van der Waals surface area contributed by atoms with Crippen molar-refractivity contribution in [3.05, 3.63) is 75.5 Å². The van der Waals surface area contributed by atoms with Crippen LogP contribution in [0.4, 0.5) is 0 Å². The Labute approximate surface area is 129 Å². The Morgan fingerprint density at radius 3 is 2.50 bits per heavy atom. The zero-order chi connectivity index (χ0) is 15.9. The summed E-state index contributed by atoms with van der Waals surface area (Å²) in [5, 5.41) is 10.3. The minimum Gasteiger partial charge on any atom is -0.493 e. The van der Waals surface area contributed by atoms with Gasteiger partial charge in [-0.25, -0.2) is 0 Å². The van der Waals surface area contributed by atoms with Gasteiger partial charge in [-0.2, -0.15) is 0 Å². The molecule has 0 spiro atoms. The van der Waals surface area contributed by atoms with Crippen molar-refractivity contribution in [2.24, 2.45) is 0 Å². The van der Waals surface area contributed by atoms with E-state index in [1.807, 2.05) is 31.2 Å². The average Bonchev–Trinajstić information content (AvgIpc) is 2.52. The number of nitro groups is 1. The van der Waals surface area contributed by atoms with Crippen molar-refractivity contribution in [1.82, 2.24) is 0 Å². The molecule has 0 N–H and O–H groups in total. The van der Waals surface area contributed by atoms with Gasteiger partial charge < -0.3 is 9.47 Å². The molecule has 114 valence electrons. The van der Waals surface area contributed by atoms with Crippen LogP contribution < -0.4 is 9.47 Å². The van der Waals surface area contributed by atoms with Gasteiger partial charge in [0, 0.05) is 6.08 Å². The molecule has 2 aromatic rings. The molecule has 0 saturated heterocycles. The maximum atomic E-state index is 10.3. The van der Waals surface area contributed by atoms with Gasteiger partial charge in [0.25, 0.3) is 0 Å². The van der Waals surface area contributed by atoms with Crippen molar-refractivity contribution in [2.75, 3.05) is 7.11 Å². The zero-order valence-electron chi connectivity index (χ0n) is 12.5. The highest BCUT2D eigenvalue weighted by molar-refractivity contribution is 5.55. The Morgan fingerprint density at radius 2 is 1.86 bits per heavy atom. The second kappa shape index (κ2) is 7.26. The lowest BCUT2D eigenvalue weighted by atomic mass is 10.1. The van der Waals surface area contributed by atoms with E-state index in [-0.39, 0.29) is 0 Å². The second-order valence-electron chi connectivity index (χ2n) is 4.79. The van der Waals surface area contributed by atoms with Gasteiger partial charge in [-0.1, -0.05) is 35.9 Å². The zero-order valence-corrected chi connectivity index (χ0v) is 12.5. The van der Waals surface area contributed by atoms with Crippen LogP contribution in [0.15, 0.2) is 48.7 Å². The van der Waals surface area contributed by atoms with Gasteiger partial charge in [0.15, 0.2) is 11.5 Å². The molecule has 5 heteroatoms. The highest BCUT2D eigenvalue weighted by Crippen LogP contribution is 2.29. The van der Waals surface area contributed by atoms with Crippen molar-refractivity contribution < 1.29 is 14.4 Å². The van der Waals surface area contributed by atoms with E-state index in [1.54, 1.807) is 18.2 Å². The first-order chi connectivity index (χ1) is 10.6. The van der Waals surface area contributed by atoms with Gasteiger partial charge in [0.1, 0.15) is 6.61 Å². The normalized spacial score (nSPS) is 10.6. The molecule has 0 radical (unpaired) electrons. The van der Waals surface area contributed by atoms with Crippen LogP contribution in [-0.4, -0.2) is 12.0 Å². The molecule has 2 rings (SSSR count). The molecule has 0 aliphatic rings. The molecule has 0 fully saturated rings. The van der Waals surface area contributed by atoms with Crippen molar-refractivity contribution in [3.8, 4) is 11.5 Å². The fraction of sp³-hybridized carbons (Fsp3) is 0.176. The van der Waals surface area contributed by atoms with E-state index in [0.29, 0.717) is 23.7 Å². The number of benzene rings is 2. The fourth-order valence-corrected chi connectivity index (χ4v) is 1.90. The number of hydrogen-bond donors (Lipinski definition) is 0. The molecule has 0 unspecified atom stereocenters. The van der Waals surface area contributed by atoms with Crippen LogP contribution >= 0.6 is 0 Å². The van der Waals surface area contributed by atoms with Crippen LogP contribution in [0.2, 0.25) is 0 Å². The summed E-state index contributed by atoms with van der Waals surface area (Å²) >= 11 is 0. The van der Waals surface area contributed by atoms with Crippen LogP contribution in [0.25, 0.3) is 6.08 Å². The number of ether oxygens (including phenoxy) is 2. The number of methoxy groups -OCH3 is 1. The first-order valence-electron chi connectivity index (χ1n) is 6.76. The first kappa shape index (κ1) is 15.6. The fourth-order valence-electron chi connectivity index (χ4n) is 1.90. The molecule has 0 saturated carbocycles. The lowest BCUT2D eigenvalue weighted by molar-refractivity contribution is -0.400. The maximum absolute atomic E-state index is 10.3. The van der Waals surface area contributed by atoms with E-state index in [2.05, 4.69) is 0 Å². The van der Waals surface area contributed by atoms with Crippen molar-refractivity contribution in [2.45, 2.75) is 13.5 Å². The Hall–Kier alpha value is -2.82. The average molecular weight is 299 g/mol. The Bertz CT molecular complexity index is 678. The van der Waals surface area contributed by atoms with Crippen molar-refractivity contribution >= 4 is 6.08 Å². The first-order valence-corrected chi connectivity index (χ1v) is 6.76. The minimum absolute atomic E-state index is 0.431. The van der Waals surface area contributed by atoms with Gasteiger partial charge >= 0.3 is 0 Å². The highest BCUT2D eigenvalue weighted by atomic mass is 16.6. The summed E-state index contributed by atoms with van der Waals surface area (Å²) in [7, 11) is 1.54. The standard InChI is InChI=1S/C17H17NO4/c1-13-3-5-15(6-4-13)12-22-16-8-7-14(9-10-18(19)20)11-17(16)21-2/h3-11H,12H2,1-2H3. The number of hydrogen-bond acceptors (Lipinski definition) is 4. The van der Waals surface area contributed by atoms with E-state index in [9.17, 15) is 10.1 Å². The van der Waals surface area contributed by atoms with E-state index < -0.39 is 4.92 Å². The quantitative estimate of drug-likeness (QED) is 0.600. The minimum atomic E-state index is -0.506. The molecule has 0 aliphatic heterocycles. The molecular formula is C17H17NO4. The lowest BCUT2D eigenvalue weighted by Crippen LogP contribution is -1.98. The Kier molecular flexibility index (Phi) is 5.14. The highest BCUT2D eigenvalue weighted by Gasteiger charge is 2.06. The van der Waals surface area contributed by atoms with Crippen LogP contribution in [0, 0.1) is 17.0 Å². The summed E-state index contributed by atoms with van der Waals surface area (Å²) in [5.41, 5.74) is 2.93. The lowest BCUT2D eigenvalue weighted by Gasteiger charge is -2.11. The van der Waals surface area contributed by atoms with E-state index in [1.165, 1.54) is 18.7 Å². The third-order valence-corrected chi connectivity index (χ3v) is 3.09. The molecule has 0 bridgehead atoms. The monoisotopic (exact) mass is 299 g/mol. The maximum Gasteiger partial charge on any atom is 0.235 e. The Morgan fingerprint density at radius 1 is 1.14 bits per heavy atom. The van der Waals surface area contributed by atoms with Gasteiger partial charge in [-0.05, 0) is 30.2 Å². The molecule has 0 aliphatic carbocycles.